The van der Waals surface area contributed by atoms with E-state index in [0.717, 1.165) is 11.1 Å². The summed E-state index contributed by atoms with van der Waals surface area (Å²) < 4.78 is 6.73. The van der Waals surface area contributed by atoms with E-state index in [2.05, 4.69) is 5.32 Å². The lowest BCUT2D eigenvalue weighted by molar-refractivity contribution is -0.116. The molecule has 2 N–H and O–H groups in total. The average molecular weight is 449 g/mol. The normalized spacial score (nSPS) is 27.9. The van der Waals surface area contributed by atoms with Crippen molar-refractivity contribution in [2.75, 3.05) is 14.1 Å². The van der Waals surface area contributed by atoms with E-state index in [9.17, 15) is 9.90 Å². The Bertz CT molecular complexity index is 1150. The van der Waals surface area contributed by atoms with Crippen LogP contribution >= 0.6 is 11.6 Å². The molecule has 32 heavy (non-hydrogen) atoms. The van der Waals surface area contributed by atoms with Gasteiger partial charge in [0.15, 0.2) is 11.2 Å². The number of carbonyl (C=O) groups excluding carboxylic acids is 1. The van der Waals surface area contributed by atoms with Crippen LogP contribution in [0.4, 0.5) is 4.79 Å². The molecule has 1 heterocycles. The first-order valence-electron chi connectivity index (χ1n) is 10.7. The van der Waals surface area contributed by atoms with E-state index in [1.807, 2.05) is 78.9 Å². The SMILES string of the molecule is CN(C)C(=O)N[C@@H]1C[C@@H](c2ccccc2)[C@]2(c3ccc(Cl)cc3)Oc3ccccc3[C@]12O. The largest absolute Gasteiger partial charge is 0.478 e. The number of halogens is 1. The van der Waals surface area contributed by atoms with Crippen LogP contribution in [-0.4, -0.2) is 36.2 Å². The van der Waals surface area contributed by atoms with Crippen LogP contribution in [0.5, 0.6) is 5.75 Å². The molecule has 1 aliphatic carbocycles. The van der Waals surface area contributed by atoms with E-state index in [1.165, 1.54) is 4.90 Å². The second-order valence-corrected chi connectivity index (χ2v) is 9.14. The van der Waals surface area contributed by atoms with Gasteiger partial charge in [-0.2, -0.15) is 0 Å². The summed E-state index contributed by atoms with van der Waals surface area (Å²) in [6.45, 7) is 0. The standard InChI is InChI=1S/C26H25ClN2O3/c1-29(2)24(30)28-23-16-21(17-8-4-3-5-9-17)26(18-12-14-19(27)15-13-18)25(23,31)20-10-6-7-11-22(20)32-26/h3-15,21,23,31H,16H2,1-2H3,(H,28,30)/t21-,23+,25-,26-/m0/s1. The number of urea groups is 1. The molecule has 2 amide bonds. The Balaban J connectivity index is 1.77. The minimum Gasteiger partial charge on any atom is -0.478 e. The minimum atomic E-state index is -1.48. The summed E-state index contributed by atoms with van der Waals surface area (Å²) in [6.07, 6.45) is 0.511. The molecule has 6 heteroatoms. The van der Waals surface area contributed by atoms with E-state index in [-0.39, 0.29) is 11.9 Å². The summed E-state index contributed by atoms with van der Waals surface area (Å²) in [5.74, 6) is 0.407. The fourth-order valence-corrected chi connectivity index (χ4v) is 5.48. The summed E-state index contributed by atoms with van der Waals surface area (Å²) >= 11 is 6.20. The molecule has 5 nitrogen and oxygen atoms in total. The molecule has 0 aromatic heterocycles. The van der Waals surface area contributed by atoms with Crippen LogP contribution in [0.2, 0.25) is 5.02 Å². The van der Waals surface area contributed by atoms with E-state index in [4.69, 9.17) is 16.3 Å². The number of rotatable bonds is 3. The van der Waals surface area contributed by atoms with E-state index >= 15 is 0 Å². The molecule has 4 atom stereocenters. The quantitative estimate of drug-likeness (QED) is 0.613. The van der Waals surface area contributed by atoms with Gasteiger partial charge in [-0.05, 0) is 35.7 Å². The first-order valence-corrected chi connectivity index (χ1v) is 11.1. The zero-order valence-corrected chi connectivity index (χ0v) is 18.7. The Morgan fingerprint density at radius 2 is 1.69 bits per heavy atom. The number of nitrogens with one attached hydrogen (secondary N) is 1. The van der Waals surface area contributed by atoms with Crippen LogP contribution in [-0.2, 0) is 11.2 Å². The van der Waals surface area contributed by atoms with Crippen LogP contribution < -0.4 is 10.1 Å². The molecule has 164 valence electrons. The first-order chi connectivity index (χ1) is 15.4. The van der Waals surface area contributed by atoms with Gasteiger partial charge >= 0.3 is 6.03 Å². The van der Waals surface area contributed by atoms with Gasteiger partial charge in [-0.3, -0.25) is 0 Å². The predicted octanol–water partition coefficient (Wildman–Crippen LogP) is 4.64. The highest BCUT2D eigenvalue weighted by Gasteiger charge is 2.72. The molecule has 5 rings (SSSR count). The van der Waals surface area contributed by atoms with Crippen molar-refractivity contribution in [2.24, 2.45) is 0 Å². The minimum absolute atomic E-state index is 0.213. The molecule has 1 fully saturated rings. The van der Waals surface area contributed by atoms with Crippen molar-refractivity contribution < 1.29 is 14.6 Å². The molecule has 0 radical (unpaired) electrons. The molecule has 0 bridgehead atoms. The van der Waals surface area contributed by atoms with Crippen molar-refractivity contribution in [3.8, 4) is 5.75 Å². The molecule has 0 spiro atoms. The second kappa shape index (κ2) is 7.54. The van der Waals surface area contributed by atoms with Crippen molar-refractivity contribution >= 4 is 17.6 Å². The van der Waals surface area contributed by atoms with Crippen molar-refractivity contribution in [3.63, 3.8) is 0 Å². The fraction of sp³-hybridized carbons (Fsp3) is 0.269. The molecule has 0 unspecified atom stereocenters. The summed E-state index contributed by atoms with van der Waals surface area (Å²) in [4.78, 5) is 14.2. The summed E-state index contributed by atoms with van der Waals surface area (Å²) in [6, 6.07) is 24.2. The summed E-state index contributed by atoms with van der Waals surface area (Å²) in [5.41, 5.74) is -0.0833. The van der Waals surface area contributed by atoms with Crippen LogP contribution in [0, 0.1) is 0 Å². The Labute approximate surface area is 192 Å². The highest BCUT2D eigenvalue weighted by Crippen LogP contribution is 2.66. The lowest BCUT2D eigenvalue weighted by Gasteiger charge is -2.41. The second-order valence-electron chi connectivity index (χ2n) is 8.70. The number of fused-ring (bicyclic) bond motifs is 3. The maximum absolute atomic E-state index is 12.7. The molecule has 0 saturated heterocycles. The third-order valence-corrected chi connectivity index (χ3v) is 7.03. The maximum atomic E-state index is 12.7. The number of hydrogen-bond donors (Lipinski definition) is 2. The van der Waals surface area contributed by atoms with Gasteiger partial charge < -0.3 is 20.1 Å². The third kappa shape index (κ3) is 2.85. The smallest absolute Gasteiger partial charge is 0.317 e. The molecular weight excluding hydrogens is 424 g/mol. The highest BCUT2D eigenvalue weighted by molar-refractivity contribution is 6.30. The van der Waals surface area contributed by atoms with Crippen LogP contribution in [0.1, 0.15) is 29.0 Å². The van der Waals surface area contributed by atoms with Crippen molar-refractivity contribution in [1.29, 1.82) is 0 Å². The Morgan fingerprint density at radius 3 is 2.38 bits per heavy atom. The number of ether oxygens (including phenoxy) is 1. The Hall–Kier alpha value is -3.02. The third-order valence-electron chi connectivity index (χ3n) is 6.78. The van der Waals surface area contributed by atoms with Gasteiger partial charge in [0.2, 0.25) is 0 Å². The van der Waals surface area contributed by atoms with E-state index in [1.54, 1.807) is 14.1 Å². The van der Waals surface area contributed by atoms with Crippen molar-refractivity contribution in [1.82, 2.24) is 10.2 Å². The van der Waals surface area contributed by atoms with E-state index in [0.29, 0.717) is 22.8 Å². The molecular formula is C26H25ClN2O3. The van der Waals surface area contributed by atoms with E-state index < -0.39 is 17.2 Å². The lowest BCUT2D eigenvalue weighted by atomic mass is 9.71. The Morgan fingerprint density at radius 1 is 1.03 bits per heavy atom. The predicted molar refractivity (Wildman–Crippen MR) is 124 cm³/mol. The topological polar surface area (TPSA) is 61.8 Å². The van der Waals surface area contributed by atoms with Crippen molar-refractivity contribution in [3.05, 3.63) is 101 Å². The number of carbonyl (C=O) groups is 1. The summed E-state index contributed by atoms with van der Waals surface area (Å²) in [5, 5.41) is 16.3. The van der Waals surface area contributed by atoms with Gasteiger partial charge in [0.05, 0.1) is 6.04 Å². The number of amides is 2. The van der Waals surface area contributed by atoms with Crippen LogP contribution in [0.15, 0.2) is 78.9 Å². The lowest BCUT2D eigenvalue weighted by Crippen LogP contribution is -2.57. The van der Waals surface area contributed by atoms with Crippen LogP contribution in [0.25, 0.3) is 0 Å². The zero-order valence-electron chi connectivity index (χ0n) is 18.0. The maximum Gasteiger partial charge on any atom is 0.317 e. The number of hydrogen-bond acceptors (Lipinski definition) is 3. The molecule has 3 aromatic rings. The monoisotopic (exact) mass is 448 g/mol. The Kier molecular flexibility index (Phi) is 4.91. The average Bonchev–Trinajstić information content (AvgIpc) is 3.21. The first kappa shape index (κ1) is 20.9. The van der Waals surface area contributed by atoms with Gasteiger partial charge in [0.25, 0.3) is 0 Å². The van der Waals surface area contributed by atoms with Gasteiger partial charge in [-0.15, -0.1) is 0 Å². The van der Waals surface area contributed by atoms with Gasteiger partial charge in [-0.1, -0.05) is 72.3 Å². The summed E-state index contributed by atoms with van der Waals surface area (Å²) in [7, 11) is 3.38. The van der Waals surface area contributed by atoms with Crippen molar-refractivity contribution in [2.45, 2.75) is 29.6 Å². The van der Waals surface area contributed by atoms with Gasteiger partial charge in [0, 0.05) is 30.6 Å². The number of benzene rings is 3. The molecule has 3 aromatic carbocycles. The van der Waals surface area contributed by atoms with Gasteiger partial charge in [0.1, 0.15) is 5.75 Å². The highest BCUT2D eigenvalue weighted by atomic mass is 35.5. The fourth-order valence-electron chi connectivity index (χ4n) is 5.35. The molecule has 2 aliphatic rings. The number of para-hydroxylation sites is 1. The molecule has 1 aliphatic heterocycles. The number of aliphatic hydroxyl groups is 1. The van der Waals surface area contributed by atoms with Gasteiger partial charge in [-0.25, -0.2) is 4.79 Å². The number of nitrogens with zero attached hydrogens (tertiary/aromatic N) is 1. The zero-order chi connectivity index (χ0) is 22.5. The van der Waals surface area contributed by atoms with Crippen LogP contribution in [0.3, 0.4) is 0 Å². The molecule has 1 saturated carbocycles.